The van der Waals surface area contributed by atoms with Crippen LogP contribution < -0.4 is 5.73 Å². The average molecular weight is 311 g/mol. The maximum Gasteiger partial charge on any atom is 0.0409 e. The molecule has 0 amide bonds. The van der Waals surface area contributed by atoms with Crippen LogP contribution >= 0.6 is 11.6 Å². The molecule has 0 aliphatic rings. The molecule has 1 aromatic carbocycles. The molecule has 0 fully saturated rings. The lowest BCUT2D eigenvalue weighted by Gasteiger charge is -2.38. The zero-order chi connectivity index (χ0) is 15.7. The van der Waals surface area contributed by atoms with Gasteiger partial charge in [-0.05, 0) is 38.1 Å². The summed E-state index contributed by atoms with van der Waals surface area (Å²) in [6.45, 7) is 6.11. The topological polar surface area (TPSA) is 29.3 Å². The normalized spacial score (nSPS) is 14.4. The number of nitrogens with zero attached hydrogens (tertiary/aromatic N) is 1. The number of hydrogen-bond acceptors (Lipinski definition) is 2. The van der Waals surface area contributed by atoms with Gasteiger partial charge in [-0.3, -0.25) is 4.90 Å². The minimum atomic E-state index is 0.0640. The van der Waals surface area contributed by atoms with E-state index >= 15 is 0 Å². The fourth-order valence-corrected chi connectivity index (χ4v) is 2.87. The lowest BCUT2D eigenvalue weighted by atomic mass is 9.92. The Hall–Kier alpha value is -0.570. The molecule has 0 aromatic heterocycles. The van der Waals surface area contributed by atoms with Crippen LogP contribution in [0.15, 0.2) is 24.3 Å². The van der Waals surface area contributed by atoms with E-state index in [0.717, 1.165) is 18.0 Å². The van der Waals surface area contributed by atoms with Crippen LogP contribution in [0.3, 0.4) is 0 Å². The number of hydrogen-bond donors (Lipinski definition) is 1. The molecule has 1 unspecified atom stereocenters. The van der Waals surface area contributed by atoms with E-state index in [0.29, 0.717) is 6.54 Å². The molecule has 3 heteroatoms. The van der Waals surface area contributed by atoms with Crippen LogP contribution in [0.1, 0.15) is 57.9 Å². The van der Waals surface area contributed by atoms with Crippen molar-refractivity contribution < 1.29 is 0 Å². The highest BCUT2D eigenvalue weighted by Crippen LogP contribution is 2.23. The number of benzene rings is 1. The van der Waals surface area contributed by atoms with Crippen molar-refractivity contribution in [1.29, 1.82) is 0 Å². The summed E-state index contributed by atoms with van der Waals surface area (Å²) in [6, 6.07) is 8.09. The second-order valence-corrected chi connectivity index (χ2v) is 6.79. The fraction of sp³-hybridized carbons (Fsp3) is 0.667. The number of likely N-dealkylation sites (N-methyl/N-ethyl adjacent to an activating group) is 1. The van der Waals surface area contributed by atoms with Gasteiger partial charge in [0, 0.05) is 23.7 Å². The Kier molecular flexibility index (Phi) is 8.31. The van der Waals surface area contributed by atoms with Gasteiger partial charge >= 0.3 is 0 Å². The molecule has 0 saturated heterocycles. The van der Waals surface area contributed by atoms with Crippen molar-refractivity contribution in [3.63, 3.8) is 0 Å². The van der Waals surface area contributed by atoms with Crippen molar-refractivity contribution in [2.75, 3.05) is 13.6 Å². The quantitative estimate of drug-likeness (QED) is 0.626. The summed E-state index contributed by atoms with van der Waals surface area (Å²) in [5, 5.41) is 0.801. The Morgan fingerprint density at radius 2 is 1.90 bits per heavy atom. The molecule has 1 aromatic rings. The fourth-order valence-electron chi connectivity index (χ4n) is 2.66. The summed E-state index contributed by atoms with van der Waals surface area (Å²) >= 11 is 6.07. The van der Waals surface area contributed by atoms with Gasteiger partial charge < -0.3 is 5.73 Å². The van der Waals surface area contributed by atoms with Crippen LogP contribution in [0.4, 0.5) is 0 Å². The van der Waals surface area contributed by atoms with E-state index in [1.54, 1.807) is 0 Å². The number of nitrogens with two attached hydrogens (primary N) is 1. The van der Waals surface area contributed by atoms with Gasteiger partial charge in [-0.2, -0.15) is 0 Å². The zero-order valence-electron chi connectivity index (χ0n) is 13.9. The minimum absolute atomic E-state index is 0.0640. The largest absolute Gasteiger partial charge is 0.329 e. The van der Waals surface area contributed by atoms with Crippen molar-refractivity contribution in [3.8, 4) is 0 Å². The molecule has 1 rings (SSSR count). The van der Waals surface area contributed by atoms with Crippen LogP contribution in [0, 0.1) is 0 Å². The van der Waals surface area contributed by atoms with Crippen LogP contribution in [-0.4, -0.2) is 24.0 Å². The maximum absolute atomic E-state index is 6.07. The van der Waals surface area contributed by atoms with Gasteiger partial charge in [0.2, 0.25) is 0 Å². The van der Waals surface area contributed by atoms with Gasteiger partial charge in [0.25, 0.3) is 0 Å². The van der Waals surface area contributed by atoms with Crippen molar-refractivity contribution in [1.82, 2.24) is 4.90 Å². The third kappa shape index (κ3) is 6.37. The van der Waals surface area contributed by atoms with Crippen molar-refractivity contribution in [3.05, 3.63) is 34.9 Å². The highest BCUT2D eigenvalue weighted by atomic mass is 35.5. The molecule has 2 nitrogen and oxygen atoms in total. The van der Waals surface area contributed by atoms with Crippen molar-refractivity contribution >= 4 is 11.6 Å². The molecule has 2 N–H and O–H groups in total. The highest BCUT2D eigenvalue weighted by molar-refractivity contribution is 6.30. The summed E-state index contributed by atoms with van der Waals surface area (Å²) in [6.07, 6.45) is 7.71. The van der Waals surface area contributed by atoms with E-state index in [-0.39, 0.29) is 5.54 Å². The second-order valence-electron chi connectivity index (χ2n) is 6.35. The molecule has 0 aliphatic carbocycles. The molecule has 21 heavy (non-hydrogen) atoms. The number of unbranched alkanes of at least 4 members (excludes halogenated alkanes) is 4. The lowest BCUT2D eigenvalue weighted by Crippen LogP contribution is -2.49. The van der Waals surface area contributed by atoms with Crippen molar-refractivity contribution in [2.24, 2.45) is 5.73 Å². The number of rotatable bonds is 10. The van der Waals surface area contributed by atoms with E-state index in [1.807, 2.05) is 18.2 Å². The molecule has 0 saturated carbocycles. The standard InChI is InChI=1S/C18H31ClN2/c1-4-5-6-7-8-12-18(2,15-20)21(3)14-16-10-9-11-17(19)13-16/h9-11,13H,4-8,12,14-15,20H2,1-3H3. The molecular weight excluding hydrogens is 280 g/mol. The predicted molar refractivity (Wildman–Crippen MR) is 93.8 cm³/mol. The smallest absolute Gasteiger partial charge is 0.0409 e. The second kappa shape index (κ2) is 9.45. The molecule has 0 heterocycles. The minimum Gasteiger partial charge on any atom is -0.329 e. The lowest BCUT2D eigenvalue weighted by molar-refractivity contribution is 0.122. The average Bonchev–Trinajstić information content (AvgIpc) is 2.46. The van der Waals surface area contributed by atoms with E-state index in [1.165, 1.54) is 37.7 Å². The van der Waals surface area contributed by atoms with Gasteiger partial charge in [-0.15, -0.1) is 0 Å². The van der Waals surface area contributed by atoms with E-state index in [9.17, 15) is 0 Å². The first kappa shape index (κ1) is 18.5. The third-order valence-corrected chi connectivity index (χ3v) is 4.72. The molecule has 0 aliphatic heterocycles. The van der Waals surface area contributed by atoms with Crippen LogP contribution in [-0.2, 0) is 6.54 Å². The molecule has 1 atom stereocenters. The molecule has 120 valence electrons. The highest BCUT2D eigenvalue weighted by Gasteiger charge is 2.27. The summed E-state index contributed by atoms with van der Waals surface area (Å²) in [5.74, 6) is 0. The first-order valence-corrected chi connectivity index (χ1v) is 8.55. The van der Waals surface area contributed by atoms with Crippen LogP contribution in [0.2, 0.25) is 5.02 Å². The maximum atomic E-state index is 6.07. The first-order valence-electron chi connectivity index (χ1n) is 8.17. The van der Waals surface area contributed by atoms with Crippen LogP contribution in [0.25, 0.3) is 0 Å². The van der Waals surface area contributed by atoms with Gasteiger partial charge in [-0.1, -0.05) is 62.8 Å². The zero-order valence-corrected chi connectivity index (χ0v) is 14.6. The predicted octanol–water partition coefficient (Wildman–Crippen LogP) is 4.85. The molecular formula is C18H31ClN2. The van der Waals surface area contributed by atoms with Gasteiger partial charge in [-0.25, -0.2) is 0 Å². The number of halogens is 1. The Balaban J connectivity index is 2.52. The Bertz CT molecular complexity index is 408. The summed E-state index contributed by atoms with van der Waals surface area (Å²) < 4.78 is 0. The van der Waals surface area contributed by atoms with E-state index in [2.05, 4.69) is 31.9 Å². The monoisotopic (exact) mass is 310 g/mol. The SMILES string of the molecule is CCCCCCCC(C)(CN)N(C)Cc1cccc(Cl)c1. The molecule has 0 spiro atoms. The Morgan fingerprint density at radius 1 is 1.19 bits per heavy atom. The summed E-state index contributed by atoms with van der Waals surface area (Å²) in [5.41, 5.74) is 7.37. The van der Waals surface area contributed by atoms with Crippen molar-refractivity contribution in [2.45, 2.75) is 64.5 Å². The van der Waals surface area contributed by atoms with Crippen LogP contribution in [0.5, 0.6) is 0 Å². The Labute approximate surface area is 135 Å². The van der Waals surface area contributed by atoms with Gasteiger partial charge in [0.05, 0.1) is 0 Å². The third-order valence-electron chi connectivity index (χ3n) is 4.49. The van der Waals surface area contributed by atoms with Gasteiger partial charge in [0.15, 0.2) is 0 Å². The Morgan fingerprint density at radius 3 is 2.52 bits per heavy atom. The summed E-state index contributed by atoms with van der Waals surface area (Å²) in [4.78, 5) is 2.37. The molecule has 0 radical (unpaired) electrons. The first-order chi connectivity index (χ1) is 10.0. The van der Waals surface area contributed by atoms with Gasteiger partial charge in [0.1, 0.15) is 0 Å². The van der Waals surface area contributed by atoms with E-state index < -0.39 is 0 Å². The molecule has 0 bridgehead atoms. The van der Waals surface area contributed by atoms with E-state index in [4.69, 9.17) is 17.3 Å². The summed E-state index contributed by atoms with van der Waals surface area (Å²) in [7, 11) is 2.17.